The van der Waals surface area contributed by atoms with Gasteiger partial charge in [0.2, 0.25) is 0 Å². The van der Waals surface area contributed by atoms with E-state index < -0.39 is 17.8 Å². The zero-order valence-corrected chi connectivity index (χ0v) is 16.8. The summed E-state index contributed by atoms with van der Waals surface area (Å²) in [5, 5.41) is 18.4. The molecule has 1 heterocycles. The van der Waals surface area contributed by atoms with Crippen molar-refractivity contribution >= 4 is 41.3 Å². The summed E-state index contributed by atoms with van der Waals surface area (Å²) in [7, 11) is 1.23. The predicted molar refractivity (Wildman–Crippen MR) is 117 cm³/mol. The molecule has 1 amide bonds. The lowest BCUT2D eigenvalue weighted by atomic mass is 10.1. The molecule has 2 aromatic rings. The van der Waals surface area contributed by atoms with Crippen LogP contribution in [0.2, 0.25) is 0 Å². The number of hydrogen-bond acceptors (Lipinski definition) is 7. The fourth-order valence-electron chi connectivity index (χ4n) is 2.88. The number of amides is 1. The van der Waals surface area contributed by atoms with Crippen LogP contribution in [-0.2, 0) is 9.53 Å². The second-order valence-corrected chi connectivity index (χ2v) is 6.63. The topological polar surface area (TPSA) is 129 Å². The Morgan fingerprint density at radius 2 is 2.00 bits per heavy atom. The molecule has 0 atom stereocenters. The Hall–Kier alpha value is -4.14. The fourth-order valence-corrected chi connectivity index (χ4v) is 2.88. The average Bonchev–Trinajstić information content (AvgIpc) is 2.78. The first-order chi connectivity index (χ1) is 15.0. The lowest BCUT2D eigenvalue weighted by Crippen LogP contribution is -2.35. The predicted octanol–water partition coefficient (Wildman–Crippen LogP) is 2.58. The smallest absolute Gasteiger partial charge is 0.336 e. The number of rotatable bonds is 6. The number of nitrogens with one attached hydrogen (secondary N) is 3. The second-order valence-electron chi connectivity index (χ2n) is 6.63. The Balaban J connectivity index is 1.75. The molecule has 0 aliphatic carbocycles. The van der Waals surface area contributed by atoms with Gasteiger partial charge in [0.1, 0.15) is 0 Å². The SMILES string of the molecule is COC(=O)C=Cc1ccc(NC(=O)c2cccc(NC3=NCCCN3)c2)cc1C(=O)O. The van der Waals surface area contributed by atoms with E-state index in [1.165, 1.54) is 25.3 Å². The van der Waals surface area contributed by atoms with Crippen LogP contribution in [0.5, 0.6) is 0 Å². The largest absolute Gasteiger partial charge is 0.478 e. The standard InChI is InChI=1S/C22H22N4O5/c1-31-19(27)9-7-14-6-8-17(13-18(14)21(29)30)25-20(28)15-4-2-5-16(12-15)26-22-23-10-3-11-24-22/h2,4-9,12-13H,3,10-11H2,1H3,(H,25,28)(H,29,30)(H2,23,24,26). The first-order valence-electron chi connectivity index (χ1n) is 9.56. The van der Waals surface area contributed by atoms with Gasteiger partial charge in [0.15, 0.2) is 5.96 Å². The van der Waals surface area contributed by atoms with Crippen LogP contribution in [0, 0.1) is 0 Å². The maximum absolute atomic E-state index is 12.7. The molecule has 3 rings (SSSR count). The highest BCUT2D eigenvalue weighted by atomic mass is 16.5. The summed E-state index contributed by atoms with van der Waals surface area (Å²) in [5.41, 5.74) is 1.66. The molecule has 9 nitrogen and oxygen atoms in total. The van der Waals surface area contributed by atoms with Gasteiger partial charge < -0.3 is 25.8 Å². The zero-order valence-electron chi connectivity index (χ0n) is 16.8. The van der Waals surface area contributed by atoms with E-state index in [1.807, 2.05) is 6.07 Å². The van der Waals surface area contributed by atoms with Gasteiger partial charge in [-0.25, -0.2) is 9.59 Å². The number of carbonyl (C=O) groups excluding carboxylic acids is 2. The van der Waals surface area contributed by atoms with E-state index in [-0.39, 0.29) is 5.56 Å². The van der Waals surface area contributed by atoms with Gasteiger partial charge in [0, 0.05) is 36.1 Å². The van der Waals surface area contributed by atoms with Crippen LogP contribution in [0.1, 0.15) is 32.7 Å². The molecular weight excluding hydrogens is 400 g/mol. The lowest BCUT2D eigenvalue weighted by Gasteiger charge is -2.16. The number of hydrogen-bond donors (Lipinski definition) is 4. The van der Waals surface area contributed by atoms with E-state index in [1.54, 1.807) is 24.3 Å². The molecule has 1 aliphatic heterocycles. The average molecular weight is 422 g/mol. The number of ether oxygens (including phenoxy) is 1. The molecule has 0 bridgehead atoms. The normalized spacial score (nSPS) is 13.1. The molecule has 1 aliphatic rings. The van der Waals surface area contributed by atoms with Gasteiger partial charge in [0.05, 0.1) is 12.7 Å². The van der Waals surface area contributed by atoms with Crippen molar-refractivity contribution in [3.63, 3.8) is 0 Å². The van der Waals surface area contributed by atoms with E-state index in [4.69, 9.17) is 0 Å². The minimum absolute atomic E-state index is 0.0604. The summed E-state index contributed by atoms with van der Waals surface area (Å²) in [6, 6.07) is 11.3. The highest BCUT2D eigenvalue weighted by molar-refractivity contribution is 6.06. The molecule has 9 heteroatoms. The monoisotopic (exact) mass is 422 g/mol. The number of aromatic carboxylic acids is 1. The number of esters is 1. The van der Waals surface area contributed by atoms with Gasteiger partial charge in [-0.05, 0) is 48.4 Å². The molecule has 0 unspecified atom stereocenters. The number of carboxylic acids is 1. The van der Waals surface area contributed by atoms with Gasteiger partial charge >= 0.3 is 11.9 Å². The Kier molecular flexibility index (Phi) is 7.00. The first kappa shape index (κ1) is 21.6. The van der Waals surface area contributed by atoms with Crippen LogP contribution < -0.4 is 16.0 Å². The summed E-state index contributed by atoms with van der Waals surface area (Å²) in [6.07, 6.45) is 3.45. The van der Waals surface area contributed by atoms with Gasteiger partial charge in [-0.15, -0.1) is 0 Å². The van der Waals surface area contributed by atoms with Crippen LogP contribution in [0.4, 0.5) is 11.4 Å². The van der Waals surface area contributed by atoms with Gasteiger partial charge in [0.25, 0.3) is 5.91 Å². The van der Waals surface area contributed by atoms with Gasteiger partial charge in [-0.3, -0.25) is 9.79 Å². The number of benzene rings is 2. The molecule has 0 radical (unpaired) electrons. The van der Waals surface area contributed by atoms with Crippen molar-refractivity contribution in [2.45, 2.75) is 6.42 Å². The Morgan fingerprint density at radius 3 is 2.71 bits per heavy atom. The summed E-state index contributed by atoms with van der Waals surface area (Å²) in [5.74, 6) is -1.52. The Morgan fingerprint density at radius 1 is 1.16 bits per heavy atom. The molecule has 0 aromatic heterocycles. The third-order valence-electron chi connectivity index (χ3n) is 4.43. The van der Waals surface area contributed by atoms with Gasteiger partial charge in [-0.2, -0.15) is 0 Å². The molecule has 2 aromatic carbocycles. The first-order valence-corrected chi connectivity index (χ1v) is 9.56. The van der Waals surface area contributed by atoms with E-state index in [2.05, 4.69) is 25.7 Å². The number of anilines is 2. The van der Waals surface area contributed by atoms with Crippen LogP contribution in [-0.4, -0.2) is 49.1 Å². The maximum atomic E-state index is 12.7. The van der Waals surface area contributed by atoms with E-state index >= 15 is 0 Å². The molecule has 4 N–H and O–H groups in total. The van der Waals surface area contributed by atoms with Crippen molar-refractivity contribution in [2.75, 3.05) is 30.8 Å². The Labute approximate surface area is 178 Å². The third-order valence-corrected chi connectivity index (χ3v) is 4.43. The number of guanidine groups is 1. The summed E-state index contributed by atoms with van der Waals surface area (Å²) < 4.78 is 4.51. The number of carboxylic acid groups (broad SMARTS) is 1. The lowest BCUT2D eigenvalue weighted by molar-refractivity contribution is -0.134. The number of carbonyl (C=O) groups is 3. The quantitative estimate of drug-likeness (QED) is 0.416. The highest BCUT2D eigenvalue weighted by Crippen LogP contribution is 2.19. The molecular formula is C22H22N4O5. The second kappa shape index (κ2) is 10.1. The van der Waals surface area contributed by atoms with Crippen LogP contribution in [0.25, 0.3) is 6.08 Å². The number of methoxy groups -OCH3 is 1. The summed E-state index contributed by atoms with van der Waals surface area (Å²) >= 11 is 0. The van der Waals surface area contributed by atoms with Gasteiger partial charge in [-0.1, -0.05) is 12.1 Å². The molecule has 0 fully saturated rings. The third kappa shape index (κ3) is 5.92. The fraction of sp³-hybridized carbons (Fsp3) is 0.182. The van der Waals surface area contributed by atoms with E-state index in [0.29, 0.717) is 28.5 Å². The number of aliphatic imine (C=N–C) groups is 1. The molecule has 0 saturated heterocycles. The minimum Gasteiger partial charge on any atom is -0.478 e. The molecule has 0 saturated carbocycles. The van der Waals surface area contributed by atoms with Crippen LogP contribution in [0.15, 0.2) is 53.5 Å². The molecule has 31 heavy (non-hydrogen) atoms. The molecule has 0 spiro atoms. The summed E-state index contributed by atoms with van der Waals surface area (Å²) in [4.78, 5) is 39.9. The Bertz CT molecular complexity index is 1060. The zero-order chi connectivity index (χ0) is 22.2. The minimum atomic E-state index is -1.19. The van der Waals surface area contributed by atoms with Crippen molar-refractivity contribution in [3.8, 4) is 0 Å². The van der Waals surface area contributed by atoms with Crippen LogP contribution >= 0.6 is 0 Å². The van der Waals surface area contributed by atoms with Crippen molar-refractivity contribution in [1.29, 1.82) is 0 Å². The van der Waals surface area contributed by atoms with Crippen LogP contribution in [0.3, 0.4) is 0 Å². The van der Waals surface area contributed by atoms with E-state index in [9.17, 15) is 19.5 Å². The number of nitrogens with zero attached hydrogens (tertiary/aromatic N) is 1. The van der Waals surface area contributed by atoms with Crippen molar-refractivity contribution in [1.82, 2.24) is 5.32 Å². The maximum Gasteiger partial charge on any atom is 0.336 e. The summed E-state index contributed by atoms with van der Waals surface area (Å²) in [6.45, 7) is 1.58. The molecule has 160 valence electrons. The highest BCUT2D eigenvalue weighted by Gasteiger charge is 2.13. The van der Waals surface area contributed by atoms with Crippen molar-refractivity contribution in [3.05, 3.63) is 65.2 Å². The van der Waals surface area contributed by atoms with Crippen molar-refractivity contribution in [2.24, 2.45) is 4.99 Å². The van der Waals surface area contributed by atoms with E-state index in [0.717, 1.165) is 25.6 Å². The van der Waals surface area contributed by atoms with Crippen molar-refractivity contribution < 1.29 is 24.2 Å².